The molecule has 31 heavy (non-hydrogen) atoms. The Hall–Kier alpha value is -3.78. The van der Waals surface area contributed by atoms with E-state index in [0.29, 0.717) is 39.9 Å². The first kappa shape index (κ1) is 20.5. The van der Waals surface area contributed by atoms with Gasteiger partial charge < -0.3 is 4.74 Å². The standard InChI is InChI=1S/C26H18F3NO/c1-2-11-31-22-9-10-26(30-16-22)20-8-7-18(23(27)14-20)5-3-17-4-6-19-13-24(28)25(29)15-21(19)12-17/h4,6-10,12-16H,2,11H2,1H3. The van der Waals surface area contributed by atoms with E-state index in [-0.39, 0.29) is 5.56 Å². The topological polar surface area (TPSA) is 22.1 Å². The van der Waals surface area contributed by atoms with Gasteiger partial charge in [0, 0.05) is 11.1 Å². The summed E-state index contributed by atoms with van der Waals surface area (Å²) in [5.74, 6) is 4.06. The largest absolute Gasteiger partial charge is 0.492 e. The Morgan fingerprint density at radius 1 is 0.806 bits per heavy atom. The lowest BCUT2D eigenvalue weighted by Crippen LogP contribution is -1.95. The first-order valence-corrected chi connectivity index (χ1v) is 9.83. The third-order valence-corrected chi connectivity index (χ3v) is 4.69. The van der Waals surface area contributed by atoms with E-state index in [4.69, 9.17) is 4.74 Å². The number of benzene rings is 3. The summed E-state index contributed by atoms with van der Waals surface area (Å²) < 4.78 is 46.9. The number of fused-ring (bicyclic) bond motifs is 1. The number of nitrogens with zero attached hydrogens (tertiary/aromatic N) is 1. The van der Waals surface area contributed by atoms with E-state index in [9.17, 15) is 13.2 Å². The normalized spacial score (nSPS) is 10.6. The highest BCUT2D eigenvalue weighted by atomic mass is 19.2. The molecule has 4 rings (SSSR count). The summed E-state index contributed by atoms with van der Waals surface area (Å²) in [4.78, 5) is 4.32. The fourth-order valence-electron chi connectivity index (χ4n) is 3.09. The highest BCUT2D eigenvalue weighted by Crippen LogP contribution is 2.23. The second-order valence-electron chi connectivity index (χ2n) is 7.00. The van der Waals surface area contributed by atoms with Crippen LogP contribution in [0.4, 0.5) is 13.2 Å². The van der Waals surface area contributed by atoms with Gasteiger partial charge in [-0.15, -0.1) is 0 Å². The minimum Gasteiger partial charge on any atom is -0.492 e. The van der Waals surface area contributed by atoms with Crippen LogP contribution in [0, 0.1) is 29.3 Å². The van der Waals surface area contributed by atoms with Crippen LogP contribution in [0.2, 0.25) is 0 Å². The number of rotatable bonds is 4. The van der Waals surface area contributed by atoms with Crippen LogP contribution in [0.5, 0.6) is 5.75 Å². The van der Waals surface area contributed by atoms with Gasteiger partial charge in [0.15, 0.2) is 11.6 Å². The monoisotopic (exact) mass is 417 g/mol. The quantitative estimate of drug-likeness (QED) is 0.353. The maximum Gasteiger partial charge on any atom is 0.159 e. The molecule has 0 bridgehead atoms. The van der Waals surface area contributed by atoms with Crippen molar-refractivity contribution >= 4 is 10.8 Å². The fourth-order valence-corrected chi connectivity index (χ4v) is 3.09. The fraction of sp³-hybridized carbons (Fsp3) is 0.115. The SMILES string of the molecule is CCCOc1ccc(-c2ccc(C#Cc3ccc4cc(F)c(F)cc4c3)c(F)c2)nc1. The lowest BCUT2D eigenvalue weighted by molar-refractivity contribution is 0.316. The molecule has 0 saturated carbocycles. The van der Waals surface area contributed by atoms with Crippen LogP contribution in [0.15, 0.2) is 66.9 Å². The zero-order chi connectivity index (χ0) is 21.8. The van der Waals surface area contributed by atoms with Gasteiger partial charge in [0.05, 0.1) is 24.1 Å². The van der Waals surface area contributed by atoms with E-state index in [1.54, 1.807) is 48.7 Å². The van der Waals surface area contributed by atoms with Gasteiger partial charge in [-0.05, 0) is 65.7 Å². The van der Waals surface area contributed by atoms with Crippen LogP contribution in [0.25, 0.3) is 22.0 Å². The molecule has 0 amide bonds. The molecule has 0 N–H and O–H groups in total. The summed E-state index contributed by atoms with van der Waals surface area (Å²) in [5.41, 5.74) is 2.07. The van der Waals surface area contributed by atoms with Crippen molar-refractivity contribution in [2.75, 3.05) is 6.61 Å². The first-order valence-electron chi connectivity index (χ1n) is 9.83. The third-order valence-electron chi connectivity index (χ3n) is 4.69. The maximum absolute atomic E-state index is 14.6. The Balaban J connectivity index is 1.56. The van der Waals surface area contributed by atoms with E-state index in [1.165, 1.54) is 6.07 Å². The second-order valence-corrected chi connectivity index (χ2v) is 7.00. The van der Waals surface area contributed by atoms with Crippen molar-refractivity contribution in [1.82, 2.24) is 4.98 Å². The van der Waals surface area contributed by atoms with Crippen LogP contribution >= 0.6 is 0 Å². The number of halogens is 3. The van der Waals surface area contributed by atoms with Gasteiger partial charge in [0.25, 0.3) is 0 Å². The van der Waals surface area contributed by atoms with E-state index >= 15 is 0 Å². The smallest absolute Gasteiger partial charge is 0.159 e. The average molecular weight is 417 g/mol. The van der Waals surface area contributed by atoms with Crippen molar-refractivity contribution in [3.05, 3.63) is 95.4 Å². The van der Waals surface area contributed by atoms with Crippen molar-refractivity contribution in [1.29, 1.82) is 0 Å². The van der Waals surface area contributed by atoms with Gasteiger partial charge in [0.2, 0.25) is 0 Å². The molecule has 4 aromatic rings. The predicted molar refractivity (Wildman–Crippen MR) is 115 cm³/mol. The molecule has 0 fully saturated rings. The molecule has 0 aliphatic carbocycles. The lowest BCUT2D eigenvalue weighted by atomic mass is 10.1. The average Bonchev–Trinajstić information content (AvgIpc) is 2.78. The molecule has 154 valence electrons. The van der Waals surface area contributed by atoms with E-state index in [1.807, 2.05) is 6.92 Å². The van der Waals surface area contributed by atoms with Gasteiger partial charge in [0.1, 0.15) is 11.6 Å². The molecule has 0 unspecified atom stereocenters. The van der Waals surface area contributed by atoms with E-state index < -0.39 is 17.5 Å². The number of pyridine rings is 1. The van der Waals surface area contributed by atoms with Crippen LogP contribution in [-0.4, -0.2) is 11.6 Å². The molecule has 3 aromatic carbocycles. The van der Waals surface area contributed by atoms with E-state index in [0.717, 1.165) is 18.6 Å². The van der Waals surface area contributed by atoms with Crippen molar-refractivity contribution in [3.8, 4) is 28.8 Å². The zero-order valence-electron chi connectivity index (χ0n) is 16.8. The second kappa shape index (κ2) is 8.93. The zero-order valence-corrected chi connectivity index (χ0v) is 16.8. The Kier molecular flexibility index (Phi) is 5.90. The molecule has 1 aromatic heterocycles. The van der Waals surface area contributed by atoms with Gasteiger partial charge in [-0.3, -0.25) is 4.98 Å². The Morgan fingerprint density at radius 2 is 1.61 bits per heavy atom. The number of aromatic nitrogens is 1. The number of hydrogen-bond donors (Lipinski definition) is 0. The highest BCUT2D eigenvalue weighted by Gasteiger charge is 2.06. The molecule has 0 radical (unpaired) electrons. The lowest BCUT2D eigenvalue weighted by Gasteiger charge is -2.06. The number of hydrogen-bond acceptors (Lipinski definition) is 2. The van der Waals surface area contributed by atoms with Crippen molar-refractivity contribution in [2.45, 2.75) is 13.3 Å². The van der Waals surface area contributed by atoms with E-state index in [2.05, 4.69) is 16.8 Å². The summed E-state index contributed by atoms with van der Waals surface area (Å²) in [6.07, 6.45) is 2.52. The first-order chi connectivity index (χ1) is 15.0. The van der Waals surface area contributed by atoms with Crippen LogP contribution < -0.4 is 4.74 Å². The minimum absolute atomic E-state index is 0.233. The Morgan fingerprint density at radius 3 is 2.32 bits per heavy atom. The summed E-state index contributed by atoms with van der Waals surface area (Å²) in [7, 11) is 0. The van der Waals surface area contributed by atoms with Crippen LogP contribution in [0.3, 0.4) is 0 Å². The summed E-state index contributed by atoms with van der Waals surface area (Å²) >= 11 is 0. The summed E-state index contributed by atoms with van der Waals surface area (Å²) in [5, 5.41) is 1.09. The third kappa shape index (κ3) is 4.70. The molecule has 0 spiro atoms. The van der Waals surface area contributed by atoms with Crippen LogP contribution in [0.1, 0.15) is 24.5 Å². The van der Waals surface area contributed by atoms with Crippen molar-refractivity contribution in [2.24, 2.45) is 0 Å². The molecule has 1 heterocycles. The van der Waals surface area contributed by atoms with Gasteiger partial charge in [-0.1, -0.05) is 30.9 Å². The predicted octanol–water partition coefficient (Wildman–Crippen LogP) is 6.51. The molecule has 0 aliphatic rings. The molecule has 0 saturated heterocycles. The minimum atomic E-state index is -0.919. The number of ether oxygens (including phenoxy) is 1. The van der Waals surface area contributed by atoms with Crippen LogP contribution in [-0.2, 0) is 0 Å². The molecular weight excluding hydrogens is 399 g/mol. The molecule has 0 aliphatic heterocycles. The molecule has 0 atom stereocenters. The Labute approximate surface area is 178 Å². The van der Waals surface area contributed by atoms with Gasteiger partial charge in [-0.2, -0.15) is 0 Å². The Bertz CT molecular complexity index is 1300. The molecule has 5 heteroatoms. The molecule has 2 nitrogen and oxygen atoms in total. The summed E-state index contributed by atoms with van der Waals surface area (Å²) in [6.45, 7) is 2.64. The van der Waals surface area contributed by atoms with Gasteiger partial charge >= 0.3 is 0 Å². The summed E-state index contributed by atoms with van der Waals surface area (Å²) in [6, 6.07) is 15.6. The van der Waals surface area contributed by atoms with Gasteiger partial charge in [-0.25, -0.2) is 13.2 Å². The highest BCUT2D eigenvalue weighted by molar-refractivity contribution is 5.84. The van der Waals surface area contributed by atoms with Crippen molar-refractivity contribution in [3.63, 3.8) is 0 Å². The van der Waals surface area contributed by atoms with Crippen molar-refractivity contribution < 1.29 is 17.9 Å². The maximum atomic E-state index is 14.6. The molecular formula is C26H18F3NO.